The maximum atomic E-state index is 13.0. The van der Waals surface area contributed by atoms with Gasteiger partial charge in [0, 0.05) is 18.7 Å². The molecule has 0 radical (unpaired) electrons. The molecule has 1 aromatic heterocycles. The van der Waals surface area contributed by atoms with Crippen molar-refractivity contribution >= 4 is 23.3 Å². The van der Waals surface area contributed by atoms with Gasteiger partial charge in [-0.25, -0.2) is 15.8 Å². The van der Waals surface area contributed by atoms with Crippen molar-refractivity contribution in [3.8, 4) is 0 Å². The zero-order chi connectivity index (χ0) is 21.2. The van der Waals surface area contributed by atoms with Crippen LogP contribution in [0, 0.1) is 23.2 Å². The third-order valence-electron chi connectivity index (χ3n) is 8.34. The number of anilines is 1. The lowest BCUT2D eigenvalue weighted by molar-refractivity contribution is -0.201. The van der Waals surface area contributed by atoms with E-state index in [4.69, 9.17) is 17.4 Å². The molecule has 2 unspecified atom stereocenters. The quantitative estimate of drug-likeness (QED) is 0.581. The summed E-state index contributed by atoms with van der Waals surface area (Å²) < 4.78 is 0. The highest BCUT2D eigenvalue weighted by Crippen LogP contribution is 2.71. The van der Waals surface area contributed by atoms with Gasteiger partial charge in [-0.1, -0.05) is 43.0 Å². The first-order valence-corrected chi connectivity index (χ1v) is 11.8. The van der Waals surface area contributed by atoms with E-state index in [2.05, 4.69) is 9.97 Å². The minimum atomic E-state index is -0.0572. The molecule has 2 heterocycles. The van der Waals surface area contributed by atoms with Crippen molar-refractivity contribution in [2.45, 2.75) is 45.1 Å². The number of carbonyl (C=O) groups excluding carboxylic acids is 1. The summed E-state index contributed by atoms with van der Waals surface area (Å²) in [5.41, 5.74) is 2.91. The standard InChI is InChI=1S/C24H28ClN5O/c25-19-7-2-1-6-17(19)23(31)29-9-8-18-20(12-29)27-14-28-22(18)30(26)13-24-10-15-4-3-5-16(11-24)21(15)24/h1-2,6-7,14-16,21H,3-5,8-13,26H2. The number of amides is 1. The van der Waals surface area contributed by atoms with Crippen molar-refractivity contribution < 1.29 is 4.79 Å². The molecule has 4 aliphatic rings. The number of hydrogen-bond donors (Lipinski definition) is 1. The van der Waals surface area contributed by atoms with Crippen LogP contribution in [0.1, 0.15) is 53.7 Å². The lowest BCUT2D eigenvalue weighted by atomic mass is 9.35. The monoisotopic (exact) mass is 437 g/mol. The van der Waals surface area contributed by atoms with Crippen LogP contribution in [0.5, 0.6) is 0 Å². The molecule has 31 heavy (non-hydrogen) atoms. The van der Waals surface area contributed by atoms with Crippen molar-refractivity contribution in [3.05, 3.63) is 52.4 Å². The predicted molar refractivity (Wildman–Crippen MR) is 119 cm³/mol. The van der Waals surface area contributed by atoms with Crippen molar-refractivity contribution in [1.82, 2.24) is 14.9 Å². The fourth-order valence-electron chi connectivity index (χ4n) is 7.13. The van der Waals surface area contributed by atoms with Crippen LogP contribution in [0.2, 0.25) is 5.02 Å². The molecule has 6 nitrogen and oxygen atoms in total. The lowest BCUT2D eigenvalue weighted by Crippen LogP contribution is -2.67. The largest absolute Gasteiger partial charge is 0.332 e. The van der Waals surface area contributed by atoms with Gasteiger partial charge in [0.1, 0.15) is 12.1 Å². The average Bonchev–Trinajstić information content (AvgIpc) is 2.75. The number of hydrazine groups is 1. The first kappa shape index (κ1) is 19.5. The summed E-state index contributed by atoms with van der Waals surface area (Å²) in [7, 11) is 0. The van der Waals surface area contributed by atoms with Crippen LogP contribution in [0.15, 0.2) is 30.6 Å². The van der Waals surface area contributed by atoms with Gasteiger partial charge in [-0.2, -0.15) is 0 Å². The minimum absolute atomic E-state index is 0.0572. The Bertz CT molecular complexity index is 1030. The van der Waals surface area contributed by atoms with Gasteiger partial charge in [-0.3, -0.25) is 9.80 Å². The summed E-state index contributed by atoms with van der Waals surface area (Å²) in [5, 5.41) is 2.36. The zero-order valence-electron chi connectivity index (χ0n) is 17.6. The number of hydrogen-bond acceptors (Lipinski definition) is 5. The molecule has 162 valence electrons. The number of aromatic nitrogens is 2. The number of carbonyl (C=O) groups is 1. The molecule has 3 aliphatic carbocycles. The third-order valence-corrected chi connectivity index (χ3v) is 8.67. The number of benzene rings is 1. The van der Waals surface area contributed by atoms with Gasteiger partial charge in [0.2, 0.25) is 0 Å². The summed E-state index contributed by atoms with van der Waals surface area (Å²) in [6, 6.07) is 7.20. The van der Waals surface area contributed by atoms with Gasteiger partial charge >= 0.3 is 0 Å². The Morgan fingerprint density at radius 3 is 2.77 bits per heavy atom. The van der Waals surface area contributed by atoms with E-state index in [0.717, 1.165) is 41.4 Å². The van der Waals surface area contributed by atoms with Gasteiger partial charge in [0.05, 0.1) is 22.8 Å². The van der Waals surface area contributed by atoms with Gasteiger partial charge in [-0.05, 0) is 54.6 Å². The van der Waals surface area contributed by atoms with Crippen molar-refractivity contribution in [1.29, 1.82) is 0 Å². The van der Waals surface area contributed by atoms with Crippen LogP contribution < -0.4 is 10.9 Å². The molecule has 7 heteroatoms. The average molecular weight is 438 g/mol. The molecule has 0 saturated heterocycles. The Morgan fingerprint density at radius 2 is 2.00 bits per heavy atom. The third kappa shape index (κ3) is 2.99. The molecule has 1 aliphatic heterocycles. The van der Waals surface area contributed by atoms with Gasteiger partial charge in [0.15, 0.2) is 0 Å². The van der Waals surface area contributed by atoms with E-state index in [1.165, 1.54) is 32.1 Å². The molecule has 3 fully saturated rings. The van der Waals surface area contributed by atoms with E-state index in [1.807, 2.05) is 22.0 Å². The maximum Gasteiger partial charge on any atom is 0.255 e. The Morgan fingerprint density at radius 1 is 1.23 bits per heavy atom. The van der Waals surface area contributed by atoms with Gasteiger partial charge in [0.25, 0.3) is 5.91 Å². The minimum Gasteiger partial charge on any atom is -0.332 e. The number of rotatable bonds is 4. The van der Waals surface area contributed by atoms with Crippen LogP contribution in [0.3, 0.4) is 0 Å². The highest BCUT2D eigenvalue weighted by atomic mass is 35.5. The highest BCUT2D eigenvalue weighted by Gasteiger charge is 2.65. The first-order valence-electron chi connectivity index (χ1n) is 11.4. The fourth-order valence-corrected chi connectivity index (χ4v) is 7.35. The molecule has 3 saturated carbocycles. The molecule has 0 spiro atoms. The van der Waals surface area contributed by atoms with E-state index in [0.29, 0.717) is 35.5 Å². The highest BCUT2D eigenvalue weighted by molar-refractivity contribution is 6.33. The molecule has 0 bridgehead atoms. The van der Waals surface area contributed by atoms with Crippen molar-refractivity contribution in [2.24, 2.45) is 29.0 Å². The molecule has 2 atom stereocenters. The van der Waals surface area contributed by atoms with E-state index in [-0.39, 0.29) is 5.91 Å². The summed E-state index contributed by atoms with van der Waals surface area (Å²) in [6.45, 7) is 1.96. The van der Waals surface area contributed by atoms with E-state index < -0.39 is 0 Å². The number of nitrogens with zero attached hydrogens (tertiary/aromatic N) is 4. The van der Waals surface area contributed by atoms with Crippen LogP contribution in [-0.2, 0) is 13.0 Å². The molecule has 1 aromatic carbocycles. The second-order valence-electron chi connectivity index (χ2n) is 9.95. The number of halogens is 1. The van der Waals surface area contributed by atoms with Crippen molar-refractivity contribution in [3.63, 3.8) is 0 Å². The first-order chi connectivity index (χ1) is 15.1. The second-order valence-corrected chi connectivity index (χ2v) is 10.4. The Kier molecular flexibility index (Phi) is 4.51. The van der Waals surface area contributed by atoms with Crippen LogP contribution in [-0.4, -0.2) is 33.9 Å². The SMILES string of the molecule is NN(CC12CC3CCCC(C1)C32)c1ncnc2c1CCN(C(=O)c1ccccc1Cl)C2. The molecule has 2 aromatic rings. The second kappa shape index (κ2) is 7.17. The normalized spacial score (nSPS) is 30.5. The Labute approximate surface area is 187 Å². The van der Waals surface area contributed by atoms with E-state index >= 15 is 0 Å². The Hall–Kier alpha value is -2.18. The van der Waals surface area contributed by atoms with Crippen LogP contribution in [0.4, 0.5) is 5.82 Å². The molecule has 6 rings (SSSR count). The maximum absolute atomic E-state index is 13.0. The predicted octanol–water partition coefficient (Wildman–Crippen LogP) is 3.83. The zero-order valence-corrected chi connectivity index (χ0v) is 18.4. The smallest absolute Gasteiger partial charge is 0.255 e. The number of fused-ring (bicyclic) bond motifs is 1. The molecule has 2 N–H and O–H groups in total. The Balaban J connectivity index is 1.19. The molecule has 1 amide bonds. The lowest BCUT2D eigenvalue weighted by Gasteiger charge is -2.70. The van der Waals surface area contributed by atoms with Gasteiger partial charge < -0.3 is 4.90 Å². The summed E-state index contributed by atoms with van der Waals surface area (Å²) in [5.74, 6) is 10.1. The molecular weight excluding hydrogens is 410 g/mol. The summed E-state index contributed by atoms with van der Waals surface area (Å²) in [4.78, 5) is 23.9. The van der Waals surface area contributed by atoms with E-state index in [1.54, 1.807) is 18.5 Å². The van der Waals surface area contributed by atoms with E-state index in [9.17, 15) is 4.79 Å². The summed E-state index contributed by atoms with van der Waals surface area (Å²) in [6.07, 6.45) is 9.18. The van der Waals surface area contributed by atoms with Crippen molar-refractivity contribution in [2.75, 3.05) is 18.1 Å². The fraction of sp³-hybridized carbons (Fsp3) is 0.542. The number of nitrogens with two attached hydrogens (primary N) is 1. The topological polar surface area (TPSA) is 75.3 Å². The van der Waals surface area contributed by atoms with Gasteiger partial charge in [-0.15, -0.1) is 0 Å². The summed E-state index contributed by atoms with van der Waals surface area (Å²) >= 11 is 6.24. The molecular formula is C24H28ClN5O. The van der Waals surface area contributed by atoms with Crippen LogP contribution >= 0.6 is 11.6 Å². The van der Waals surface area contributed by atoms with Crippen LogP contribution in [0.25, 0.3) is 0 Å².